The van der Waals surface area contributed by atoms with Gasteiger partial charge in [-0.2, -0.15) is 5.10 Å². The van der Waals surface area contributed by atoms with Crippen LogP contribution in [-0.2, 0) is 20.1 Å². The van der Waals surface area contributed by atoms with Gasteiger partial charge in [-0.25, -0.2) is 0 Å². The van der Waals surface area contributed by atoms with Crippen LogP contribution in [0.15, 0.2) is 22.7 Å². The molecular weight excluding hydrogens is 354 g/mol. The second-order valence-corrected chi connectivity index (χ2v) is 6.15. The Labute approximate surface area is 138 Å². The van der Waals surface area contributed by atoms with E-state index in [0.29, 0.717) is 17.4 Å². The van der Waals surface area contributed by atoms with E-state index in [0.717, 1.165) is 27.8 Å². The summed E-state index contributed by atoms with van der Waals surface area (Å²) >= 11 is 9.81. The van der Waals surface area contributed by atoms with Crippen molar-refractivity contribution in [2.45, 2.75) is 32.9 Å². The molecule has 0 unspecified atom stereocenters. The van der Waals surface area contributed by atoms with E-state index in [4.69, 9.17) is 22.1 Å². The molecule has 1 atom stereocenters. The van der Waals surface area contributed by atoms with Crippen molar-refractivity contribution < 1.29 is 4.74 Å². The molecule has 1 aromatic heterocycles. The lowest BCUT2D eigenvalue weighted by molar-refractivity contribution is 0.294. The van der Waals surface area contributed by atoms with Gasteiger partial charge in [0, 0.05) is 13.1 Å². The molecule has 0 aliphatic carbocycles. The zero-order chi connectivity index (χ0) is 15.6. The highest BCUT2D eigenvalue weighted by atomic mass is 79.9. The van der Waals surface area contributed by atoms with E-state index in [-0.39, 0.29) is 6.04 Å². The zero-order valence-electron chi connectivity index (χ0n) is 12.4. The van der Waals surface area contributed by atoms with Crippen molar-refractivity contribution in [3.63, 3.8) is 0 Å². The molecule has 2 aromatic rings. The molecule has 0 radical (unpaired) electrons. The molecular formula is C15H19BrClN3O. The van der Waals surface area contributed by atoms with Gasteiger partial charge in [-0.1, -0.05) is 24.6 Å². The number of nitrogens with two attached hydrogens (primary N) is 1. The quantitative estimate of drug-likeness (QED) is 0.863. The summed E-state index contributed by atoms with van der Waals surface area (Å²) in [6.07, 6.45) is 0.873. The van der Waals surface area contributed by atoms with Crippen LogP contribution in [0.25, 0.3) is 0 Å². The Bertz CT molecular complexity index is 640. The fourth-order valence-corrected chi connectivity index (χ4v) is 3.01. The van der Waals surface area contributed by atoms with E-state index >= 15 is 0 Å². The molecule has 0 aliphatic heterocycles. The number of hydrogen-bond donors (Lipinski definition) is 1. The largest absolute Gasteiger partial charge is 0.486 e. The van der Waals surface area contributed by atoms with Gasteiger partial charge < -0.3 is 10.5 Å². The van der Waals surface area contributed by atoms with Gasteiger partial charge in [0.2, 0.25) is 0 Å². The maximum Gasteiger partial charge on any atom is 0.138 e. The molecule has 2 rings (SSSR count). The van der Waals surface area contributed by atoms with Gasteiger partial charge in [-0.05, 0) is 47.0 Å². The first-order valence-electron chi connectivity index (χ1n) is 6.82. The number of aryl methyl sites for hydroxylation is 2. The average molecular weight is 373 g/mol. The maximum atomic E-state index is 6.24. The SMILES string of the molecule is CCc1nn(C)c(COc2ccc([C@@H](C)N)cc2Cl)c1Br. The fourth-order valence-electron chi connectivity index (χ4n) is 2.04. The van der Waals surface area contributed by atoms with Crippen LogP contribution in [0.5, 0.6) is 5.75 Å². The second-order valence-electron chi connectivity index (χ2n) is 4.95. The lowest BCUT2D eigenvalue weighted by Crippen LogP contribution is -2.06. The van der Waals surface area contributed by atoms with Crippen LogP contribution in [0.4, 0.5) is 0 Å². The van der Waals surface area contributed by atoms with Gasteiger partial charge in [0.05, 0.1) is 20.9 Å². The molecule has 4 nitrogen and oxygen atoms in total. The van der Waals surface area contributed by atoms with Gasteiger partial charge in [-0.15, -0.1) is 0 Å². The molecule has 0 saturated heterocycles. The lowest BCUT2D eigenvalue weighted by atomic mass is 10.1. The average Bonchev–Trinajstić information content (AvgIpc) is 2.72. The number of benzene rings is 1. The minimum atomic E-state index is -0.0464. The second kappa shape index (κ2) is 6.81. The van der Waals surface area contributed by atoms with Crippen molar-refractivity contribution in [3.8, 4) is 5.75 Å². The molecule has 6 heteroatoms. The number of halogens is 2. The summed E-state index contributed by atoms with van der Waals surface area (Å²) in [4.78, 5) is 0. The van der Waals surface area contributed by atoms with Crippen molar-refractivity contribution in [2.75, 3.05) is 0 Å². The summed E-state index contributed by atoms with van der Waals surface area (Å²) in [5.74, 6) is 0.646. The van der Waals surface area contributed by atoms with E-state index in [1.54, 1.807) is 0 Å². The van der Waals surface area contributed by atoms with Crippen molar-refractivity contribution in [3.05, 3.63) is 44.6 Å². The summed E-state index contributed by atoms with van der Waals surface area (Å²) in [6.45, 7) is 4.40. The third-order valence-corrected chi connectivity index (χ3v) is 4.56. The van der Waals surface area contributed by atoms with Gasteiger partial charge in [0.15, 0.2) is 0 Å². The monoisotopic (exact) mass is 371 g/mol. The predicted molar refractivity (Wildman–Crippen MR) is 88.7 cm³/mol. The Hall–Kier alpha value is -1.04. The highest BCUT2D eigenvalue weighted by Crippen LogP contribution is 2.29. The summed E-state index contributed by atoms with van der Waals surface area (Å²) in [6, 6.07) is 5.58. The smallest absolute Gasteiger partial charge is 0.138 e. The minimum Gasteiger partial charge on any atom is -0.486 e. The Balaban J connectivity index is 2.15. The third-order valence-electron chi connectivity index (χ3n) is 3.35. The third kappa shape index (κ3) is 3.59. The van der Waals surface area contributed by atoms with Crippen LogP contribution in [0.3, 0.4) is 0 Å². The van der Waals surface area contributed by atoms with Crippen molar-refractivity contribution >= 4 is 27.5 Å². The normalized spacial score (nSPS) is 12.5. The number of nitrogens with zero attached hydrogens (tertiary/aromatic N) is 2. The predicted octanol–water partition coefficient (Wildman–Crippen LogP) is 4.00. The molecule has 0 spiro atoms. The van der Waals surface area contributed by atoms with Crippen molar-refractivity contribution in [2.24, 2.45) is 12.8 Å². The first-order valence-corrected chi connectivity index (χ1v) is 7.99. The van der Waals surface area contributed by atoms with Gasteiger partial charge >= 0.3 is 0 Å². The zero-order valence-corrected chi connectivity index (χ0v) is 14.7. The standard InChI is InChI=1S/C15H19BrClN3O/c1-4-12-15(16)13(20(3)19-12)8-21-14-6-5-10(9(2)18)7-11(14)17/h5-7,9H,4,8,18H2,1-3H3/t9-/m1/s1. The van der Waals surface area contributed by atoms with E-state index in [1.165, 1.54) is 0 Å². The first kappa shape index (κ1) is 16.3. The van der Waals surface area contributed by atoms with Crippen LogP contribution >= 0.6 is 27.5 Å². The molecule has 0 fully saturated rings. The lowest BCUT2D eigenvalue weighted by Gasteiger charge is -2.11. The summed E-state index contributed by atoms with van der Waals surface area (Å²) in [5.41, 5.74) is 8.83. The highest BCUT2D eigenvalue weighted by Gasteiger charge is 2.14. The van der Waals surface area contributed by atoms with Crippen molar-refractivity contribution in [1.82, 2.24) is 9.78 Å². The topological polar surface area (TPSA) is 53.1 Å². The van der Waals surface area contributed by atoms with Crippen LogP contribution in [0.1, 0.15) is 36.8 Å². The number of rotatable bonds is 5. The van der Waals surface area contributed by atoms with Crippen LogP contribution < -0.4 is 10.5 Å². The van der Waals surface area contributed by atoms with E-state index in [1.807, 2.05) is 36.9 Å². The molecule has 1 heterocycles. The van der Waals surface area contributed by atoms with Gasteiger partial charge in [-0.3, -0.25) is 4.68 Å². The first-order chi connectivity index (χ1) is 9.93. The molecule has 0 aliphatic rings. The minimum absolute atomic E-state index is 0.0464. The highest BCUT2D eigenvalue weighted by molar-refractivity contribution is 9.10. The fraction of sp³-hybridized carbons (Fsp3) is 0.400. The molecule has 0 bridgehead atoms. The Kier molecular flexibility index (Phi) is 5.30. The Morgan fingerprint density at radius 3 is 2.71 bits per heavy atom. The Morgan fingerprint density at radius 2 is 2.19 bits per heavy atom. The Morgan fingerprint density at radius 1 is 1.48 bits per heavy atom. The summed E-state index contributed by atoms with van der Waals surface area (Å²) in [5, 5.41) is 5.01. The molecule has 1 aromatic carbocycles. The van der Waals surface area contributed by atoms with Crippen molar-refractivity contribution in [1.29, 1.82) is 0 Å². The molecule has 114 valence electrons. The van der Waals surface area contributed by atoms with Gasteiger partial charge in [0.25, 0.3) is 0 Å². The van der Waals surface area contributed by atoms with Crippen LogP contribution in [0.2, 0.25) is 5.02 Å². The number of ether oxygens (including phenoxy) is 1. The van der Waals surface area contributed by atoms with E-state index in [9.17, 15) is 0 Å². The molecule has 21 heavy (non-hydrogen) atoms. The van der Waals surface area contributed by atoms with Gasteiger partial charge in [0.1, 0.15) is 12.4 Å². The van der Waals surface area contributed by atoms with Crippen LogP contribution in [-0.4, -0.2) is 9.78 Å². The summed E-state index contributed by atoms with van der Waals surface area (Å²) < 4.78 is 8.64. The molecule has 0 saturated carbocycles. The van der Waals surface area contributed by atoms with E-state index in [2.05, 4.69) is 28.0 Å². The van der Waals surface area contributed by atoms with Crippen LogP contribution in [0, 0.1) is 0 Å². The number of hydrogen-bond acceptors (Lipinski definition) is 3. The maximum absolute atomic E-state index is 6.24. The number of aromatic nitrogens is 2. The molecule has 0 amide bonds. The summed E-state index contributed by atoms with van der Waals surface area (Å²) in [7, 11) is 1.91. The molecule has 2 N–H and O–H groups in total. The van der Waals surface area contributed by atoms with E-state index < -0.39 is 0 Å².